The number of hydrogen-bond donors (Lipinski definition) is 3. The van der Waals surface area contributed by atoms with Crippen LogP contribution in [0.15, 0.2) is 12.1 Å². The van der Waals surface area contributed by atoms with Crippen LogP contribution in [0.4, 0.5) is 0 Å². The van der Waals surface area contributed by atoms with Gasteiger partial charge in [-0.3, -0.25) is 4.79 Å². The van der Waals surface area contributed by atoms with E-state index in [0.717, 1.165) is 44.0 Å². The standard InChI is InChI=1S/C19H31N3O4/c1-6-20-19(23)14(2)22-11-9-21(10-12-22)13-15-7-8-16(24-3)18(26-5)17(15)25-4/h7-8,14H,6,9-13H2,1-5H3,(H,20,23)/p+2/t14-/m0/s1. The molecule has 1 atom stereocenters. The first kappa shape index (κ1) is 20.3. The third-order valence-corrected chi connectivity index (χ3v) is 5.18. The first-order valence-electron chi connectivity index (χ1n) is 9.29. The van der Waals surface area contributed by atoms with Crippen LogP contribution in [0.5, 0.6) is 17.2 Å². The number of carbonyl (C=O) groups is 1. The second-order valence-electron chi connectivity index (χ2n) is 6.69. The maximum Gasteiger partial charge on any atom is 0.278 e. The Morgan fingerprint density at radius 3 is 2.27 bits per heavy atom. The fourth-order valence-corrected chi connectivity index (χ4v) is 3.62. The van der Waals surface area contributed by atoms with Crippen LogP contribution in [0.25, 0.3) is 0 Å². The normalized spacial score (nSPS) is 21.0. The molecule has 1 aliphatic heterocycles. The van der Waals surface area contributed by atoms with Crippen molar-refractivity contribution in [3.05, 3.63) is 17.7 Å². The van der Waals surface area contributed by atoms with Crippen LogP contribution < -0.4 is 29.3 Å². The van der Waals surface area contributed by atoms with Gasteiger partial charge < -0.3 is 29.3 Å². The van der Waals surface area contributed by atoms with Gasteiger partial charge in [0.15, 0.2) is 17.5 Å². The van der Waals surface area contributed by atoms with Gasteiger partial charge in [0, 0.05) is 6.54 Å². The summed E-state index contributed by atoms with van der Waals surface area (Å²) < 4.78 is 16.4. The van der Waals surface area contributed by atoms with Crippen LogP contribution in [0.2, 0.25) is 0 Å². The fourth-order valence-electron chi connectivity index (χ4n) is 3.62. The highest BCUT2D eigenvalue weighted by molar-refractivity contribution is 5.79. The van der Waals surface area contributed by atoms with Crippen molar-refractivity contribution in [2.45, 2.75) is 26.4 Å². The molecular formula is C19H33N3O4+2. The van der Waals surface area contributed by atoms with Crippen molar-refractivity contribution in [2.24, 2.45) is 0 Å². The smallest absolute Gasteiger partial charge is 0.278 e. The highest BCUT2D eigenvalue weighted by Gasteiger charge is 2.31. The molecule has 26 heavy (non-hydrogen) atoms. The van der Waals surface area contributed by atoms with Crippen molar-refractivity contribution in [2.75, 3.05) is 54.1 Å². The van der Waals surface area contributed by atoms with Gasteiger partial charge >= 0.3 is 0 Å². The molecule has 0 aromatic heterocycles. The maximum atomic E-state index is 12.0. The number of amides is 1. The number of carbonyl (C=O) groups excluding carboxylic acids is 1. The van der Waals surface area contributed by atoms with Crippen molar-refractivity contribution in [1.29, 1.82) is 0 Å². The van der Waals surface area contributed by atoms with E-state index in [4.69, 9.17) is 14.2 Å². The van der Waals surface area contributed by atoms with E-state index in [1.165, 1.54) is 9.80 Å². The van der Waals surface area contributed by atoms with Gasteiger partial charge in [0.25, 0.3) is 5.91 Å². The molecule has 0 bridgehead atoms. The lowest BCUT2D eigenvalue weighted by atomic mass is 10.1. The predicted molar refractivity (Wildman–Crippen MR) is 99.3 cm³/mol. The third kappa shape index (κ3) is 4.59. The van der Waals surface area contributed by atoms with Crippen molar-refractivity contribution in [1.82, 2.24) is 5.32 Å². The Kier molecular flexibility index (Phi) is 7.53. The fraction of sp³-hybridized carbons (Fsp3) is 0.632. The molecule has 0 aliphatic carbocycles. The van der Waals surface area contributed by atoms with Crippen LogP contribution >= 0.6 is 0 Å². The Morgan fingerprint density at radius 2 is 1.73 bits per heavy atom. The van der Waals surface area contributed by atoms with Gasteiger partial charge in [-0.2, -0.15) is 0 Å². The molecule has 1 fully saturated rings. The SMILES string of the molecule is CCNC(=O)[C@H](C)[NH+]1CC[NH+](Cc2ccc(OC)c(OC)c2OC)CC1. The van der Waals surface area contributed by atoms with Crippen molar-refractivity contribution < 1.29 is 28.8 Å². The summed E-state index contributed by atoms with van der Waals surface area (Å²) in [6.45, 7) is 9.56. The number of methoxy groups -OCH3 is 3. The van der Waals surface area contributed by atoms with Gasteiger partial charge in [0.05, 0.1) is 26.9 Å². The van der Waals surface area contributed by atoms with Gasteiger partial charge in [-0.05, 0) is 26.0 Å². The zero-order valence-electron chi connectivity index (χ0n) is 16.6. The van der Waals surface area contributed by atoms with Crippen molar-refractivity contribution >= 4 is 5.91 Å². The molecule has 1 heterocycles. The highest BCUT2D eigenvalue weighted by atomic mass is 16.5. The Bertz CT molecular complexity index is 601. The minimum absolute atomic E-state index is 0.00659. The number of nitrogens with one attached hydrogen (secondary N) is 3. The first-order valence-corrected chi connectivity index (χ1v) is 9.29. The zero-order chi connectivity index (χ0) is 19.1. The molecule has 1 aromatic carbocycles. The van der Waals surface area contributed by atoms with Crippen molar-refractivity contribution in [3.63, 3.8) is 0 Å². The lowest BCUT2D eigenvalue weighted by Crippen LogP contribution is -3.29. The number of likely N-dealkylation sites (N-methyl/N-ethyl adjacent to an activating group) is 1. The van der Waals surface area contributed by atoms with E-state index in [1.807, 2.05) is 26.0 Å². The van der Waals surface area contributed by atoms with E-state index < -0.39 is 0 Å². The summed E-state index contributed by atoms with van der Waals surface area (Å²) in [5.41, 5.74) is 1.11. The third-order valence-electron chi connectivity index (χ3n) is 5.18. The molecule has 2 rings (SSSR count). The minimum Gasteiger partial charge on any atom is -0.493 e. The summed E-state index contributed by atoms with van der Waals surface area (Å²) >= 11 is 0. The van der Waals surface area contributed by atoms with E-state index in [0.29, 0.717) is 18.0 Å². The lowest BCUT2D eigenvalue weighted by Gasteiger charge is -2.32. The van der Waals surface area contributed by atoms with Gasteiger partial charge in [-0.15, -0.1) is 0 Å². The molecule has 0 spiro atoms. The molecule has 1 amide bonds. The van der Waals surface area contributed by atoms with Crippen LogP contribution in [0.3, 0.4) is 0 Å². The summed E-state index contributed by atoms with van der Waals surface area (Å²) in [4.78, 5) is 14.9. The first-order chi connectivity index (χ1) is 12.5. The second-order valence-corrected chi connectivity index (χ2v) is 6.69. The van der Waals surface area contributed by atoms with Crippen LogP contribution in [0, 0.1) is 0 Å². The number of piperazine rings is 1. The summed E-state index contributed by atoms with van der Waals surface area (Å²) in [7, 11) is 4.91. The average molecular weight is 367 g/mol. The van der Waals surface area contributed by atoms with E-state index in [9.17, 15) is 4.79 Å². The molecule has 1 saturated heterocycles. The van der Waals surface area contributed by atoms with E-state index >= 15 is 0 Å². The number of benzene rings is 1. The maximum absolute atomic E-state index is 12.0. The van der Waals surface area contributed by atoms with E-state index in [-0.39, 0.29) is 11.9 Å². The summed E-state index contributed by atoms with van der Waals surface area (Å²) in [5, 5.41) is 2.92. The Balaban J connectivity index is 2.00. The Morgan fingerprint density at radius 1 is 1.08 bits per heavy atom. The van der Waals surface area contributed by atoms with Crippen LogP contribution in [0.1, 0.15) is 19.4 Å². The predicted octanol–water partition coefficient (Wildman–Crippen LogP) is -1.48. The molecule has 1 aliphatic rings. The largest absolute Gasteiger partial charge is 0.493 e. The van der Waals surface area contributed by atoms with E-state index in [1.54, 1.807) is 21.3 Å². The quantitative estimate of drug-likeness (QED) is 0.524. The molecule has 0 unspecified atom stereocenters. The van der Waals surface area contributed by atoms with Gasteiger partial charge in [-0.25, -0.2) is 0 Å². The highest BCUT2D eigenvalue weighted by Crippen LogP contribution is 2.39. The monoisotopic (exact) mass is 367 g/mol. The summed E-state index contributed by atoms with van der Waals surface area (Å²) in [6.07, 6.45) is 0. The Hall–Kier alpha value is -1.99. The molecule has 1 aromatic rings. The van der Waals surface area contributed by atoms with Gasteiger partial charge in [0.1, 0.15) is 32.7 Å². The molecule has 3 N–H and O–H groups in total. The van der Waals surface area contributed by atoms with Gasteiger partial charge in [0.2, 0.25) is 5.75 Å². The number of rotatable bonds is 8. The Labute approximate surface area is 156 Å². The summed E-state index contributed by atoms with van der Waals surface area (Å²) in [6, 6.07) is 3.98. The topological polar surface area (TPSA) is 65.7 Å². The summed E-state index contributed by atoms with van der Waals surface area (Å²) in [5.74, 6) is 2.20. The van der Waals surface area contributed by atoms with Crippen LogP contribution in [-0.4, -0.2) is 66.0 Å². The molecule has 0 radical (unpaired) electrons. The lowest BCUT2D eigenvalue weighted by molar-refractivity contribution is -1.02. The van der Waals surface area contributed by atoms with Crippen LogP contribution in [-0.2, 0) is 11.3 Å². The number of ether oxygens (including phenoxy) is 3. The molecule has 146 valence electrons. The van der Waals surface area contributed by atoms with Crippen molar-refractivity contribution in [3.8, 4) is 17.2 Å². The number of quaternary nitrogens is 2. The van der Waals surface area contributed by atoms with E-state index in [2.05, 4.69) is 5.32 Å². The molecule has 7 heteroatoms. The molecule has 7 nitrogen and oxygen atoms in total. The number of hydrogen-bond acceptors (Lipinski definition) is 4. The molecule has 0 saturated carbocycles. The second kappa shape index (κ2) is 9.64. The van der Waals surface area contributed by atoms with Gasteiger partial charge in [-0.1, -0.05) is 0 Å². The molecular weight excluding hydrogens is 334 g/mol. The minimum atomic E-state index is 0.00659. The zero-order valence-corrected chi connectivity index (χ0v) is 16.6. The average Bonchev–Trinajstić information content (AvgIpc) is 2.67.